The van der Waals surface area contributed by atoms with E-state index in [1.807, 2.05) is 0 Å². The average molecular weight is 571 g/mol. The van der Waals surface area contributed by atoms with Crippen LogP contribution in [0.15, 0.2) is 98.3 Å². The second-order valence-electron chi connectivity index (χ2n) is 16.3. The maximum atomic E-state index is 5.06. The summed E-state index contributed by atoms with van der Waals surface area (Å²) in [7, 11) is 0. The summed E-state index contributed by atoms with van der Waals surface area (Å²) in [5.41, 5.74) is 33.5. The zero-order valence-corrected chi connectivity index (χ0v) is 27.3. The van der Waals surface area contributed by atoms with Crippen molar-refractivity contribution < 1.29 is 0 Å². The van der Waals surface area contributed by atoms with E-state index in [4.69, 9.17) is 19.7 Å². The van der Waals surface area contributed by atoms with Crippen molar-refractivity contribution in [2.75, 3.05) is 0 Å². The van der Waals surface area contributed by atoms with Gasteiger partial charge in [-0.25, -0.2) is 0 Å². The third-order valence-electron chi connectivity index (χ3n) is 15.1. The highest BCUT2D eigenvalue weighted by molar-refractivity contribution is 6.05. The molecule has 2 fully saturated rings. The van der Waals surface area contributed by atoms with Crippen LogP contribution in [0.25, 0.3) is 17.2 Å². The van der Waals surface area contributed by atoms with Crippen LogP contribution in [-0.4, -0.2) is 0 Å². The summed E-state index contributed by atoms with van der Waals surface area (Å²) in [6.45, 7) is 29.8. The minimum absolute atomic E-state index is 0.0743. The van der Waals surface area contributed by atoms with Crippen LogP contribution in [0.4, 0.5) is 0 Å². The minimum atomic E-state index is 0.0743. The summed E-state index contributed by atoms with van der Waals surface area (Å²) in [6, 6.07) is 0. The molecule has 0 aliphatic heterocycles. The molecule has 0 aromatic heterocycles. The number of hydrogen-bond acceptors (Lipinski definition) is 0. The van der Waals surface area contributed by atoms with Crippen LogP contribution in [0.5, 0.6) is 0 Å². The smallest absolute Gasteiger partial charge is 0.0176 e. The van der Waals surface area contributed by atoms with E-state index in [0.717, 1.165) is 6.42 Å². The van der Waals surface area contributed by atoms with Crippen LogP contribution in [0.3, 0.4) is 0 Å². The van der Waals surface area contributed by atoms with Gasteiger partial charge in [0.1, 0.15) is 0 Å². The van der Waals surface area contributed by atoms with Gasteiger partial charge in [0.25, 0.3) is 0 Å². The van der Waals surface area contributed by atoms with Gasteiger partial charge in [-0.1, -0.05) is 61.1 Å². The molecule has 1 aromatic carbocycles. The Morgan fingerprint density at radius 1 is 0.818 bits per heavy atom. The van der Waals surface area contributed by atoms with Crippen LogP contribution < -0.4 is 0 Å². The van der Waals surface area contributed by atoms with Gasteiger partial charge in [0.05, 0.1) is 0 Å². The van der Waals surface area contributed by atoms with Crippen LogP contribution in [0, 0.1) is 41.9 Å². The van der Waals surface area contributed by atoms with E-state index < -0.39 is 0 Å². The maximum Gasteiger partial charge on any atom is 0.0176 e. The van der Waals surface area contributed by atoms with Crippen LogP contribution in [-0.2, 0) is 6.42 Å². The predicted octanol–water partition coefficient (Wildman–Crippen LogP) is 10.9. The molecule has 0 radical (unpaired) electrons. The van der Waals surface area contributed by atoms with Crippen molar-refractivity contribution in [3.8, 4) is 0 Å². The molecular weight excluding hydrogens is 528 g/mol. The van der Waals surface area contributed by atoms with Crippen LogP contribution >= 0.6 is 0 Å². The maximum absolute atomic E-state index is 5.06. The van der Waals surface area contributed by atoms with Gasteiger partial charge in [-0.15, -0.1) is 0 Å². The predicted molar refractivity (Wildman–Crippen MR) is 183 cm³/mol. The Kier molecular flexibility index (Phi) is 4.07. The van der Waals surface area contributed by atoms with Gasteiger partial charge < -0.3 is 0 Å². The molecule has 10 aliphatic rings. The summed E-state index contributed by atoms with van der Waals surface area (Å²) in [4.78, 5) is 0. The lowest BCUT2D eigenvalue weighted by molar-refractivity contribution is 0.167. The standard InChI is InChI=1S/C44H42/c1-17-14-31-37-30-15-26-10-11-27(30)20(4)34-25(9)35-22(6)29-13-12-28-21(5)33-23(7)32(19(26)3)24(8)36(33)42-38(28)39(29)43(41(35)40(34)37)44(31,42)16-18(17)2/h10-11,22,26,31,35-36,42H,7-9,12-16H2,1-6H3/b32-19-. The molecule has 0 heteroatoms. The van der Waals surface area contributed by atoms with E-state index >= 15 is 0 Å². The molecule has 1 spiro atoms. The highest BCUT2D eigenvalue weighted by atomic mass is 14.7. The average Bonchev–Trinajstić information content (AvgIpc) is 3.56. The third kappa shape index (κ3) is 2.20. The zero-order valence-electron chi connectivity index (χ0n) is 27.3. The molecule has 0 N–H and O–H groups in total. The normalized spacial score (nSPS) is 39.5. The molecular formula is C44H42. The summed E-state index contributed by atoms with van der Waals surface area (Å²) in [6.07, 6.45) is 10.9. The lowest BCUT2D eigenvalue weighted by Crippen LogP contribution is -2.45. The Morgan fingerprint density at radius 2 is 1.61 bits per heavy atom. The molecule has 0 saturated heterocycles. The monoisotopic (exact) mass is 570 g/mol. The summed E-state index contributed by atoms with van der Waals surface area (Å²) in [5, 5.41) is 0. The SMILES string of the molecule is C=C1C2=C(C)C3=C4C5=C(CC3)C(C)C3C(=C)c6c(C)c7c8c9c6C3=C5C3(CC(C)=C(C)CC93)C4C2C(=C)/C1=C(/C)C(C=C7)C8. The van der Waals surface area contributed by atoms with Crippen molar-refractivity contribution in [3.63, 3.8) is 0 Å². The molecule has 0 heterocycles. The Balaban J connectivity index is 1.43. The van der Waals surface area contributed by atoms with Crippen LogP contribution in [0.1, 0.15) is 99.6 Å². The van der Waals surface area contributed by atoms with E-state index in [9.17, 15) is 0 Å². The van der Waals surface area contributed by atoms with Crippen molar-refractivity contribution in [1.29, 1.82) is 0 Å². The molecule has 7 unspecified atom stereocenters. The lowest BCUT2D eigenvalue weighted by Gasteiger charge is -2.54. The summed E-state index contributed by atoms with van der Waals surface area (Å²) < 4.78 is 0. The highest BCUT2D eigenvalue weighted by Gasteiger charge is 2.69. The highest BCUT2D eigenvalue weighted by Crippen LogP contribution is 2.81. The molecule has 1 aromatic rings. The molecule has 10 aliphatic carbocycles. The molecule has 0 amide bonds. The van der Waals surface area contributed by atoms with Gasteiger partial charge in [0.2, 0.25) is 0 Å². The largest absolute Gasteiger partial charge is 0.0946 e. The van der Waals surface area contributed by atoms with Crippen molar-refractivity contribution in [3.05, 3.63) is 132 Å². The van der Waals surface area contributed by atoms with Gasteiger partial charge in [-0.2, -0.15) is 0 Å². The second-order valence-corrected chi connectivity index (χ2v) is 16.3. The topological polar surface area (TPSA) is 0 Å². The minimum Gasteiger partial charge on any atom is -0.0946 e. The first-order valence-electron chi connectivity index (χ1n) is 17.3. The second kappa shape index (κ2) is 7.20. The van der Waals surface area contributed by atoms with E-state index in [2.05, 4.69) is 53.7 Å². The Bertz CT molecular complexity index is 2110. The summed E-state index contributed by atoms with van der Waals surface area (Å²) in [5.74, 6) is 2.61. The van der Waals surface area contributed by atoms with Gasteiger partial charge in [0, 0.05) is 29.1 Å². The van der Waals surface area contributed by atoms with E-state index in [1.54, 1.807) is 66.8 Å². The van der Waals surface area contributed by atoms with Crippen molar-refractivity contribution in [2.45, 2.75) is 79.6 Å². The quantitative estimate of drug-likeness (QED) is 0.272. The summed E-state index contributed by atoms with van der Waals surface area (Å²) >= 11 is 0. The molecule has 2 saturated carbocycles. The number of allylic oxidation sites excluding steroid dienone is 16. The van der Waals surface area contributed by atoms with Crippen molar-refractivity contribution in [1.82, 2.24) is 0 Å². The number of rotatable bonds is 0. The number of benzene rings is 1. The third-order valence-corrected chi connectivity index (χ3v) is 15.1. The van der Waals surface area contributed by atoms with E-state index in [0.29, 0.717) is 35.5 Å². The molecule has 218 valence electrons. The number of fused-ring (bicyclic) bond motifs is 2. The van der Waals surface area contributed by atoms with E-state index in [-0.39, 0.29) is 5.41 Å². The Labute approximate surface area is 262 Å². The number of hydrogen-bond donors (Lipinski definition) is 0. The Hall–Kier alpha value is -3.38. The van der Waals surface area contributed by atoms with Crippen molar-refractivity contribution in [2.24, 2.45) is 35.0 Å². The molecule has 6 bridgehead atoms. The van der Waals surface area contributed by atoms with Gasteiger partial charge >= 0.3 is 0 Å². The Morgan fingerprint density at radius 3 is 2.41 bits per heavy atom. The lowest BCUT2D eigenvalue weighted by atomic mass is 9.48. The van der Waals surface area contributed by atoms with Crippen LogP contribution in [0.2, 0.25) is 0 Å². The first-order valence-corrected chi connectivity index (χ1v) is 17.3. The van der Waals surface area contributed by atoms with E-state index in [1.165, 1.54) is 75.8 Å². The fraction of sp³-hybridized carbons (Fsp3) is 0.409. The first-order chi connectivity index (χ1) is 21.1. The molecule has 11 rings (SSSR count). The molecule has 0 nitrogen and oxygen atoms in total. The zero-order chi connectivity index (χ0) is 30.0. The van der Waals surface area contributed by atoms with Gasteiger partial charge in [-0.3, -0.25) is 0 Å². The fourth-order valence-corrected chi connectivity index (χ4v) is 13.5. The molecule has 7 atom stereocenters. The fourth-order valence-electron chi connectivity index (χ4n) is 13.5. The van der Waals surface area contributed by atoms with Gasteiger partial charge in [-0.05, 0) is 173 Å². The van der Waals surface area contributed by atoms with Crippen molar-refractivity contribution >= 4 is 17.2 Å². The molecule has 44 heavy (non-hydrogen) atoms. The van der Waals surface area contributed by atoms with Gasteiger partial charge in [0.15, 0.2) is 0 Å². The first kappa shape index (κ1) is 24.9.